The van der Waals surface area contributed by atoms with Crippen molar-refractivity contribution in [2.75, 3.05) is 6.54 Å². The van der Waals surface area contributed by atoms with E-state index in [4.69, 9.17) is 0 Å². The number of ketones is 1. The number of benzene rings is 3. The number of aromatic nitrogens is 1. The average Bonchev–Trinajstić information content (AvgIpc) is 3.25. The van der Waals surface area contributed by atoms with Crippen molar-refractivity contribution in [2.24, 2.45) is 0 Å². The second-order valence-electron chi connectivity index (χ2n) is 9.32. The fraction of sp³-hybridized carbons (Fsp3) is 0.267. The zero-order chi connectivity index (χ0) is 25.0. The topological polar surface area (TPSA) is 82.2 Å². The van der Waals surface area contributed by atoms with Crippen molar-refractivity contribution in [3.05, 3.63) is 107 Å². The number of aromatic amines is 1. The molecule has 0 saturated heterocycles. The van der Waals surface area contributed by atoms with Crippen molar-refractivity contribution < 1.29 is 14.7 Å². The van der Waals surface area contributed by atoms with Crippen molar-refractivity contribution in [1.29, 1.82) is 0 Å². The van der Waals surface area contributed by atoms with Gasteiger partial charge in [-0.05, 0) is 56.0 Å². The molecule has 3 N–H and O–H groups in total. The van der Waals surface area contributed by atoms with E-state index in [-0.39, 0.29) is 12.3 Å². The number of H-pyrrole nitrogens is 1. The second-order valence-corrected chi connectivity index (χ2v) is 9.32. The Labute approximate surface area is 206 Å². The Morgan fingerprint density at radius 1 is 0.971 bits per heavy atom. The Morgan fingerprint density at radius 2 is 1.63 bits per heavy atom. The van der Waals surface area contributed by atoms with Crippen LogP contribution in [-0.4, -0.2) is 34.4 Å². The molecular weight excluding hydrogens is 436 g/mol. The fourth-order valence-corrected chi connectivity index (χ4v) is 5.21. The molecule has 35 heavy (non-hydrogen) atoms. The van der Waals surface area contributed by atoms with E-state index in [9.17, 15) is 14.7 Å². The number of rotatable bonds is 10. The monoisotopic (exact) mass is 468 g/mol. The number of para-hydroxylation sites is 1. The van der Waals surface area contributed by atoms with Crippen LogP contribution in [0, 0.1) is 13.8 Å². The summed E-state index contributed by atoms with van der Waals surface area (Å²) < 4.78 is 0. The van der Waals surface area contributed by atoms with E-state index in [1.807, 2.05) is 99.8 Å². The number of fused-ring (bicyclic) bond motifs is 1. The molecular formula is C30H32N2O3. The Hall–Kier alpha value is -3.70. The van der Waals surface area contributed by atoms with Gasteiger partial charge in [-0.25, -0.2) is 0 Å². The molecule has 5 heteroatoms. The first-order chi connectivity index (χ1) is 16.8. The van der Waals surface area contributed by atoms with Gasteiger partial charge in [0.2, 0.25) is 0 Å². The van der Waals surface area contributed by atoms with E-state index in [1.165, 1.54) is 0 Å². The van der Waals surface area contributed by atoms with Crippen LogP contribution in [-0.2, 0) is 16.6 Å². The Balaban J connectivity index is 1.72. The lowest BCUT2D eigenvalue weighted by Gasteiger charge is -2.38. The van der Waals surface area contributed by atoms with E-state index in [0.29, 0.717) is 18.4 Å². The summed E-state index contributed by atoms with van der Waals surface area (Å²) in [6.07, 6.45) is 2.74. The molecule has 4 rings (SSSR count). The minimum absolute atomic E-state index is 0.0466. The van der Waals surface area contributed by atoms with Crippen molar-refractivity contribution >= 4 is 22.7 Å². The SMILES string of the molecule is CCC(NCC(=O)c1cc(C)cc(C)c1)C(Cc1c[nH]c2ccccc12)(C(=O)O)c1ccccc1. The number of carboxylic acids is 1. The summed E-state index contributed by atoms with van der Waals surface area (Å²) >= 11 is 0. The largest absolute Gasteiger partial charge is 0.481 e. The molecule has 180 valence electrons. The van der Waals surface area contributed by atoms with Crippen LogP contribution < -0.4 is 5.32 Å². The number of aliphatic carboxylic acids is 1. The van der Waals surface area contributed by atoms with Crippen LogP contribution in [0.3, 0.4) is 0 Å². The zero-order valence-electron chi connectivity index (χ0n) is 20.5. The highest BCUT2D eigenvalue weighted by Gasteiger charge is 2.47. The number of nitrogens with one attached hydrogen (secondary N) is 2. The summed E-state index contributed by atoms with van der Waals surface area (Å²) in [6.45, 7) is 5.97. The van der Waals surface area contributed by atoms with Crippen molar-refractivity contribution in [2.45, 2.75) is 45.1 Å². The maximum absolute atomic E-state index is 13.2. The molecule has 3 aromatic carbocycles. The van der Waals surface area contributed by atoms with Crippen molar-refractivity contribution in [3.63, 3.8) is 0 Å². The quantitative estimate of drug-likeness (QED) is 0.265. The molecule has 0 amide bonds. The maximum atomic E-state index is 13.2. The van der Waals surface area contributed by atoms with E-state index in [2.05, 4.69) is 10.3 Å². The Bertz CT molecular complexity index is 1320. The predicted octanol–water partition coefficient (Wildman–Crippen LogP) is 5.60. The standard InChI is InChI=1S/C30H32N2O3/c1-4-28(32-19-27(33)22-15-20(2)14-21(3)16-22)30(29(34)35,24-10-6-5-7-11-24)17-23-18-31-26-13-9-8-12-25(23)26/h5-16,18,28,31-32H,4,17,19H2,1-3H3,(H,34,35). The van der Waals surface area contributed by atoms with Crippen LogP contribution in [0.25, 0.3) is 10.9 Å². The van der Waals surface area contributed by atoms with Crippen LogP contribution in [0.2, 0.25) is 0 Å². The molecule has 0 spiro atoms. The summed E-state index contributed by atoms with van der Waals surface area (Å²) in [5.74, 6) is -0.957. The van der Waals surface area contributed by atoms with E-state index >= 15 is 0 Å². The summed E-state index contributed by atoms with van der Waals surface area (Å²) in [4.78, 5) is 29.5. The Morgan fingerprint density at radius 3 is 2.29 bits per heavy atom. The molecule has 2 atom stereocenters. The molecule has 0 bridgehead atoms. The highest BCUT2D eigenvalue weighted by molar-refractivity contribution is 5.98. The third-order valence-corrected chi connectivity index (χ3v) is 6.87. The fourth-order valence-electron chi connectivity index (χ4n) is 5.21. The van der Waals surface area contributed by atoms with Gasteiger partial charge in [0.25, 0.3) is 0 Å². The summed E-state index contributed by atoms with van der Waals surface area (Å²) in [7, 11) is 0. The second kappa shape index (κ2) is 10.3. The van der Waals surface area contributed by atoms with Gasteiger partial charge in [-0.3, -0.25) is 9.59 Å². The van der Waals surface area contributed by atoms with Crippen LogP contribution in [0.15, 0.2) is 79.0 Å². The van der Waals surface area contributed by atoms with Gasteiger partial charge in [-0.1, -0.05) is 72.6 Å². The Kier molecular flexibility index (Phi) is 7.17. The van der Waals surface area contributed by atoms with Gasteiger partial charge in [0.1, 0.15) is 5.41 Å². The number of carboxylic acid groups (broad SMARTS) is 1. The van der Waals surface area contributed by atoms with Gasteiger partial charge in [0.05, 0.1) is 6.54 Å². The van der Waals surface area contributed by atoms with Gasteiger partial charge >= 0.3 is 5.97 Å². The van der Waals surface area contributed by atoms with Gasteiger partial charge < -0.3 is 15.4 Å². The summed E-state index contributed by atoms with van der Waals surface area (Å²) in [6, 6.07) is 22.6. The predicted molar refractivity (Wildman–Crippen MR) is 140 cm³/mol. The number of hydrogen-bond acceptors (Lipinski definition) is 3. The first kappa shape index (κ1) is 24.4. The van der Waals surface area contributed by atoms with Crippen molar-refractivity contribution in [1.82, 2.24) is 10.3 Å². The molecule has 0 saturated carbocycles. The average molecular weight is 469 g/mol. The van der Waals surface area contributed by atoms with Gasteiger partial charge in [-0.2, -0.15) is 0 Å². The van der Waals surface area contributed by atoms with Crippen LogP contribution in [0.5, 0.6) is 0 Å². The number of carbonyl (C=O) groups excluding carboxylic acids is 1. The minimum Gasteiger partial charge on any atom is -0.481 e. The molecule has 0 aliphatic heterocycles. The lowest BCUT2D eigenvalue weighted by atomic mass is 9.69. The molecule has 0 radical (unpaired) electrons. The smallest absolute Gasteiger partial charge is 0.316 e. The molecule has 0 aliphatic rings. The molecule has 1 aromatic heterocycles. The number of Topliss-reactive ketones (excluding diaryl/α,β-unsaturated/α-hetero) is 1. The first-order valence-electron chi connectivity index (χ1n) is 12.0. The van der Waals surface area contributed by atoms with Crippen LogP contribution >= 0.6 is 0 Å². The minimum atomic E-state index is -1.26. The molecule has 4 aromatic rings. The highest BCUT2D eigenvalue weighted by atomic mass is 16.4. The normalized spacial score (nSPS) is 13.9. The van der Waals surface area contributed by atoms with Crippen LogP contribution in [0.1, 0.15) is 46.0 Å². The maximum Gasteiger partial charge on any atom is 0.316 e. The first-order valence-corrected chi connectivity index (χ1v) is 12.0. The lowest BCUT2D eigenvalue weighted by Crippen LogP contribution is -2.55. The number of hydrogen-bond donors (Lipinski definition) is 3. The van der Waals surface area contributed by atoms with Gasteiger partial charge in [-0.15, -0.1) is 0 Å². The number of carbonyl (C=O) groups is 2. The molecule has 0 aliphatic carbocycles. The van der Waals surface area contributed by atoms with Crippen molar-refractivity contribution in [3.8, 4) is 0 Å². The van der Waals surface area contributed by atoms with E-state index < -0.39 is 17.4 Å². The summed E-state index contributed by atoms with van der Waals surface area (Å²) in [5.41, 5.74) is 4.07. The molecule has 2 unspecified atom stereocenters. The highest BCUT2D eigenvalue weighted by Crippen LogP contribution is 2.36. The molecule has 5 nitrogen and oxygen atoms in total. The zero-order valence-corrected chi connectivity index (χ0v) is 20.5. The summed E-state index contributed by atoms with van der Waals surface area (Å²) in [5, 5.41) is 15.1. The van der Waals surface area contributed by atoms with E-state index in [0.717, 1.165) is 33.2 Å². The van der Waals surface area contributed by atoms with Crippen LogP contribution in [0.4, 0.5) is 0 Å². The number of aryl methyl sites for hydroxylation is 2. The third kappa shape index (κ3) is 4.91. The van der Waals surface area contributed by atoms with Gasteiger partial charge in [0, 0.05) is 28.7 Å². The lowest BCUT2D eigenvalue weighted by molar-refractivity contribution is -0.145. The van der Waals surface area contributed by atoms with E-state index in [1.54, 1.807) is 0 Å². The van der Waals surface area contributed by atoms with Gasteiger partial charge in [0.15, 0.2) is 5.78 Å². The molecule has 1 heterocycles. The third-order valence-electron chi connectivity index (χ3n) is 6.87. The molecule has 0 fully saturated rings.